The number of hydrogen-bond donors (Lipinski definition) is 2. The molecule has 8 heteroatoms. The lowest BCUT2D eigenvalue weighted by molar-refractivity contribution is -0.137. The second kappa shape index (κ2) is 6.87. The van der Waals surface area contributed by atoms with Crippen LogP contribution in [-0.4, -0.2) is 32.0 Å². The quantitative estimate of drug-likeness (QED) is 0.783. The van der Waals surface area contributed by atoms with E-state index >= 15 is 0 Å². The summed E-state index contributed by atoms with van der Waals surface area (Å²) in [6, 6.07) is 4.80. The SMILES string of the molecule is COCNc1oc(N2CCCC2)c(O)c1-c1cccc(C(F)(F)F)c1. The van der Waals surface area contributed by atoms with E-state index in [1.54, 1.807) is 0 Å². The van der Waals surface area contributed by atoms with E-state index in [1.807, 2.05) is 4.90 Å². The summed E-state index contributed by atoms with van der Waals surface area (Å²) in [6.07, 6.45) is -2.52. The molecule has 0 unspecified atom stereocenters. The molecule has 2 heterocycles. The van der Waals surface area contributed by atoms with Crippen molar-refractivity contribution >= 4 is 11.8 Å². The highest BCUT2D eigenvalue weighted by Crippen LogP contribution is 2.47. The van der Waals surface area contributed by atoms with Crippen molar-refractivity contribution in [3.05, 3.63) is 29.8 Å². The van der Waals surface area contributed by atoms with Gasteiger partial charge in [-0.1, -0.05) is 12.1 Å². The number of rotatable bonds is 5. The maximum atomic E-state index is 13.0. The van der Waals surface area contributed by atoms with Crippen LogP contribution in [0.15, 0.2) is 28.7 Å². The van der Waals surface area contributed by atoms with Gasteiger partial charge >= 0.3 is 6.18 Å². The van der Waals surface area contributed by atoms with E-state index < -0.39 is 11.7 Å². The zero-order chi connectivity index (χ0) is 18.0. The molecule has 0 radical (unpaired) electrons. The summed E-state index contributed by atoms with van der Waals surface area (Å²) in [4.78, 5) is 1.88. The minimum atomic E-state index is -4.47. The molecule has 25 heavy (non-hydrogen) atoms. The van der Waals surface area contributed by atoms with Crippen molar-refractivity contribution < 1.29 is 27.4 Å². The average Bonchev–Trinajstić information content (AvgIpc) is 3.20. The van der Waals surface area contributed by atoms with E-state index in [4.69, 9.17) is 9.15 Å². The minimum Gasteiger partial charge on any atom is -0.503 e. The second-order valence-electron chi connectivity index (χ2n) is 5.84. The van der Waals surface area contributed by atoms with Crippen molar-refractivity contribution in [3.63, 3.8) is 0 Å². The van der Waals surface area contributed by atoms with Crippen LogP contribution in [-0.2, 0) is 10.9 Å². The lowest BCUT2D eigenvalue weighted by Gasteiger charge is -2.13. The minimum absolute atomic E-state index is 0.0956. The number of halogens is 3. The molecule has 0 atom stereocenters. The molecule has 0 aliphatic carbocycles. The van der Waals surface area contributed by atoms with Crippen molar-refractivity contribution in [3.8, 4) is 16.9 Å². The zero-order valence-corrected chi connectivity index (χ0v) is 13.7. The first kappa shape index (κ1) is 17.5. The fourth-order valence-corrected chi connectivity index (χ4v) is 2.93. The van der Waals surface area contributed by atoms with Gasteiger partial charge < -0.3 is 24.5 Å². The number of aromatic hydroxyl groups is 1. The third-order valence-electron chi connectivity index (χ3n) is 4.11. The highest BCUT2D eigenvalue weighted by molar-refractivity contribution is 5.85. The first-order chi connectivity index (χ1) is 11.9. The summed E-state index contributed by atoms with van der Waals surface area (Å²) < 4.78 is 49.7. The molecule has 0 spiro atoms. The predicted molar refractivity (Wildman–Crippen MR) is 87.8 cm³/mol. The maximum Gasteiger partial charge on any atom is 0.416 e. The van der Waals surface area contributed by atoms with Crippen LogP contribution in [0.1, 0.15) is 18.4 Å². The first-order valence-electron chi connectivity index (χ1n) is 7.93. The molecular weight excluding hydrogens is 337 g/mol. The summed E-state index contributed by atoms with van der Waals surface area (Å²) in [7, 11) is 1.47. The van der Waals surface area contributed by atoms with Crippen molar-refractivity contribution in [1.82, 2.24) is 0 Å². The van der Waals surface area contributed by atoms with E-state index in [1.165, 1.54) is 19.2 Å². The van der Waals surface area contributed by atoms with Gasteiger partial charge in [-0.3, -0.25) is 0 Å². The summed E-state index contributed by atoms with van der Waals surface area (Å²) >= 11 is 0. The highest BCUT2D eigenvalue weighted by atomic mass is 19.4. The lowest BCUT2D eigenvalue weighted by Crippen LogP contribution is -2.16. The Labute approximate surface area is 143 Å². The summed E-state index contributed by atoms with van der Waals surface area (Å²) in [6.45, 7) is 1.55. The number of nitrogens with zero attached hydrogens (tertiary/aromatic N) is 1. The lowest BCUT2D eigenvalue weighted by atomic mass is 10.0. The molecule has 1 aliphatic rings. The van der Waals surface area contributed by atoms with Crippen LogP contribution in [0.2, 0.25) is 0 Å². The van der Waals surface area contributed by atoms with Crippen LogP contribution >= 0.6 is 0 Å². The van der Waals surface area contributed by atoms with Gasteiger partial charge in [0.2, 0.25) is 11.8 Å². The second-order valence-corrected chi connectivity index (χ2v) is 5.84. The number of hydrogen-bond acceptors (Lipinski definition) is 5. The summed E-state index contributed by atoms with van der Waals surface area (Å²) in [5, 5.41) is 13.5. The molecule has 3 rings (SSSR count). The average molecular weight is 356 g/mol. The molecular formula is C17H19F3N2O3. The molecule has 0 amide bonds. The van der Waals surface area contributed by atoms with E-state index in [-0.39, 0.29) is 35.4 Å². The molecule has 5 nitrogen and oxygen atoms in total. The standard InChI is InChI=1S/C17H19F3N2O3/c1-24-10-21-15-13(11-5-4-6-12(9-11)17(18,19)20)14(23)16(25-15)22-7-2-3-8-22/h4-6,9,21,23H,2-3,7-8,10H2,1H3. The number of methoxy groups -OCH3 is 1. The summed E-state index contributed by atoms with van der Waals surface area (Å²) in [5.41, 5.74) is -0.365. The highest BCUT2D eigenvalue weighted by Gasteiger charge is 2.32. The van der Waals surface area contributed by atoms with Crippen LogP contribution in [0.5, 0.6) is 5.75 Å². The maximum absolute atomic E-state index is 13.0. The van der Waals surface area contributed by atoms with Crippen LogP contribution in [0.25, 0.3) is 11.1 Å². The molecule has 0 saturated carbocycles. The number of furan rings is 1. The van der Waals surface area contributed by atoms with Gasteiger partial charge in [0.25, 0.3) is 0 Å². The molecule has 2 N–H and O–H groups in total. The van der Waals surface area contributed by atoms with Gasteiger partial charge in [-0.25, -0.2) is 0 Å². The van der Waals surface area contributed by atoms with Crippen LogP contribution < -0.4 is 10.2 Å². The molecule has 0 bridgehead atoms. The Morgan fingerprint density at radius 1 is 1.28 bits per heavy atom. The largest absolute Gasteiger partial charge is 0.503 e. The Kier molecular flexibility index (Phi) is 4.80. The van der Waals surface area contributed by atoms with Gasteiger partial charge in [0, 0.05) is 20.2 Å². The van der Waals surface area contributed by atoms with E-state index in [0.29, 0.717) is 0 Å². The Bertz CT molecular complexity index is 737. The summed E-state index contributed by atoms with van der Waals surface area (Å²) in [5.74, 6) is 0.281. The fourth-order valence-electron chi connectivity index (χ4n) is 2.93. The third-order valence-corrected chi connectivity index (χ3v) is 4.11. The molecule has 1 aromatic heterocycles. The molecule has 2 aromatic rings. The fraction of sp³-hybridized carbons (Fsp3) is 0.412. The third kappa shape index (κ3) is 3.53. The molecule has 1 fully saturated rings. The monoisotopic (exact) mass is 356 g/mol. The normalized spacial score (nSPS) is 15.0. The van der Waals surface area contributed by atoms with Crippen LogP contribution in [0.4, 0.5) is 24.9 Å². The van der Waals surface area contributed by atoms with Gasteiger partial charge in [0.1, 0.15) is 6.73 Å². The van der Waals surface area contributed by atoms with Crippen molar-refractivity contribution in [2.75, 3.05) is 37.1 Å². The Balaban J connectivity index is 2.07. The number of anilines is 2. The van der Waals surface area contributed by atoms with Gasteiger partial charge in [-0.2, -0.15) is 13.2 Å². The van der Waals surface area contributed by atoms with Crippen LogP contribution in [0, 0.1) is 0 Å². The number of nitrogens with one attached hydrogen (secondary N) is 1. The molecule has 136 valence electrons. The van der Waals surface area contributed by atoms with Gasteiger partial charge in [0.05, 0.1) is 11.1 Å². The molecule has 1 aromatic carbocycles. The Morgan fingerprint density at radius 2 is 2.00 bits per heavy atom. The smallest absolute Gasteiger partial charge is 0.416 e. The Hall–Kier alpha value is -2.35. The van der Waals surface area contributed by atoms with E-state index in [9.17, 15) is 18.3 Å². The zero-order valence-electron chi connectivity index (χ0n) is 13.7. The molecule has 1 aliphatic heterocycles. The Morgan fingerprint density at radius 3 is 2.64 bits per heavy atom. The first-order valence-corrected chi connectivity index (χ1v) is 7.93. The van der Waals surface area contributed by atoms with E-state index in [2.05, 4.69) is 5.32 Å². The predicted octanol–water partition coefficient (Wildman–Crippen LogP) is 4.29. The van der Waals surface area contributed by atoms with Gasteiger partial charge in [-0.15, -0.1) is 0 Å². The van der Waals surface area contributed by atoms with Gasteiger partial charge in [0.15, 0.2) is 5.75 Å². The van der Waals surface area contributed by atoms with Crippen LogP contribution in [0.3, 0.4) is 0 Å². The van der Waals surface area contributed by atoms with Crippen molar-refractivity contribution in [1.29, 1.82) is 0 Å². The van der Waals surface area contributed by atoms with Gasteiger partial charge in [-0.05, 0) is 30.5 Å². The molecule has 1 saturated heterocycles. The van der Waals surface area contributed by atoms with E-state index in [0.717, 1.165) is 38.1 Å². The number of benzene rings is 1. The van der Waals surface area contributed by atoms with Crippen molar-refractivity contribution in [2.45, 2.75) is 19.0 Å². The number of alkyl halides is 3. The number of ether oxygens (including phenoxy) is 1. The topological polar surface area (TPSA) is 57.9 Å². The van der Waals surface area contributed by atoms with Crippen molar-refractivity contribution in [2.24, 2.45) is 0 Å².